The number of hydrogen-bond donors (Lipinski definition) is 2. The molecule has 10 heteroatoms. The molecule has 0 fully saturated rings. The Kier molecular flexibility index (Phi) is 9.59. The van der Waals surface area contributed by atoms with Crippen LogP contribution in [0.4, 0.5) is 0 Å². The molecule has 0 saturated heterocycles. The number of carbonyl (C=O) groups excluding carboxylic acids is 1. The van der Waals surface area contributed by atoms with E-state index in [1.54, 1.807) is 12.1 Å². The zero-order valence-electron chi connectivity index (χ0n) is 15.6. The van der Waals surface area contributed by atoms with Gasteiger partial charge < -0.3 is 5.32 Å². The minimum Gasteiger partial charge on any atom is -0.354 e. The molecule has 0 heterocycles. The number of benzene rings is 2. The van der Waals surface area contributed by atoms with Gasteiger partial charge in [-0.2, -0.15) is 16.5 Å². The summed E-state index contributed by atoms with van der Waals surface area (Å²) in [6.45, 7) is 0.371. The van der Waals surface area contributed by atoms with E-state index in [9.17, 15) is 13.2 Å². The zero-order valence-corrected chi connectivity index (χ0v) is 19.5. The number of halogens is 3. The molecule has 0 aliphatic rings. The Morgan fingerprint density at radius 3 is 2.38 bits per heavy atom. The summed E-state index contributed by atoms with van der Waals surface area (Å²) in [4.78, 5) is 12.5. The standard InChI is InChI=1S/C19H21Cl3N2O3S2/c1-28-11-9-17(19(25)23-10-8-13-2-4-14(20)5-3-13)24-29(26,27)18-12-15(21)6-7-16(18)22/h2-7,12,17,24H,8-11H2,1H3,(H,23,25). The molecule has 0 aromatic heterocycles. The molecule has 0 saturated carbocycles. The minimum absolute atomic E-state index is 0.0358. The van der Waals surface area contributed by atoms with E-state index in [4.69, 9.17) is 34.8 Å². The molecule has 5 nitrogen and oxygen atoms in total. The molecule has 2 N–H and O–H groups in total. The van der Waals surface area contributed by atoms with E-state index in [1.165, 1.54) is 30.0 Å². The zero-order chi connectivity index (χ0) is 21.4. The van der Waals surface area contributed by atoms with Gasteiger partial charge in [0, 0.05) is 16.6 Å². The van der Waals surface area contributed by atoms with Crippen molar-refractivity contribution in [2.45, 2.75) is 23.8 Å². The second kappa shape index (κ2) is 11.4. The molecule has 0 bridgehead atoms. The van der Waals surface area contributed by atoms with Gasteiger partial charge in [-0.25, -0.2) is 8.42 Å². The third kappa shape index (κ3) is 7.66. The van der Waals surface area contributed by atoms with E-state index < -0.39 is 22.0 Å². The Morgan fingerprint density at radius 1 is 1.07 bits per heavy atom. The highest BCUT2D eigenvalue weighted by Crippen LogP contribution is 2.25. The summed E-state index contributed by atoms with van der Waals surface area (Å²) in [6, 6.07) is 10.6. The lowest BCUT2D eigenvalue weighted by Crippen LogP contribution is -2.47. The van der Waals surface area contributed by atoms with Crippen LogP contribution in [-0.2, 0) is 21.2 Å². The number of carbonyl (C=O) groups is 1. The fourth-order valence-electron chi connectivity index (χ4n) is 2.52. The highest BCUT2D eigenvalue weighted by atomic mass is 35.5. The van der Waals surface area contributed by atoms with Gasteiger partial charge in [0.05, 0.1) is 5.02 Å². The molecule has 2 aromatic carbocycles. The topological polar surface area (TPSA) is 75.3 Å². The monoisotopic (exact) mass is 494 g/mol. The molecule has 2 rings (SSSR count). The highest BCUT2D eigenvalue weighted by molar-refractivity contribution is 7.98. The van der Waals surface area contributed by atoms with Gasteiger partial charge in [-0.1, -0.05) is 46.9 Å². The van der Waals surface area contributed by atoms with Gasteiger partial charge in [-0.05, 0) is 60.7 Å². The maximum Gasteiger partial charge on any atom is 0.242 e. The van der Waals surface area contributed by atoms with E-state index in [-0.39, 0.29) is 14.9 Å². The first kappa shape index (κ1) is 24.3. The van der Waals surface area contributed by atoms with Gasteiger partial charge in [0.25, 0.3) is 0 Å². The van der Waals surface area contributed by atoms with Crippen molar-refractivity contribution >= 4 is 62.5 Å². The Balaban J connectivity index is 2.06. The lowest BCUT2D eigenvalue weighted by atomic mass is 10.1. The van der Waals surface area contributed by atoms with Gasteiger partial charge in [0.2, 0.25) is 15.9 Å². The van der Waals surface area contributed by atoms with Gasteiger partial charge in [-0.3, -0.25) is 4.79 Å². The summed E-state index contributed by atoms with van der Waals surface area (Å²) in [5.74, 6) is 0.218. The van der Waals surface area contributed by atoms with Crippen molar-refractivity contribution in [3.63, 3.8) is 0 Å². The number of sulfonamides is 1. The van der Waals surface area contributed by atoms with E-state index >= 15 is 0 Å². The van der Waals surface area contributed by atoms with Gasteiger partial charge in [0.1, 0.15) is 10.9 Å². The van der Waals surface area contributed by atoms with Crippen LogP contribution in [0, 0.1) is 0 Å². The molecule has 1 unspecified atom stereocenters. The van der Waals surface area contributed by atoms with Crippen molar-refractivity contribution in [1.29, 1.82) is 0 Å². The van der Waals surface area contributed by atoms with E-state index in [0.29, 0.717) is 30.2 Å². The molecule has 29 heavy (non-hydrogen) atoms. The van der Waals surface area contributed by atoms with Crippen LogP contribution in [0.25, 0.3) is 0 Å². The largest absolute Gasteiger partial charge is 0.354 e. The first-order valence-electron chi connectivity index (χ1n) is 8.71. The van der Waals surface area contributed by atoms with Crippen LogP contribution in [0.2, 0.25) is 15.1 Å². The molecule has 0 radical (unpaired) electrons. The molecule has 0 spiro atoms. The second-order valence-corrected chi connectivity index (χ2v) is 10.1. The van der Waals surface area contributed by atoms with Crippen LogP contribution in [0.1, 0.15) is 12.0 Å². The van der Waals surface area contributed by atoms with Crippen molar-refractivity contribution in [2.24, 2.45) is 0 Å². The molecule has 1 amide bonds. The summed E-state index contributed by atoms with van der Waals surface area (Å²) in [6.07, 6.45) is 2.83. The van der Waals surface area contributed by atoms with E-state index in [2.05, 4.69) is 10.0 Å². The number of amides is 1. The van der Waals surface area contributed by atoms with Crippen LogP contribution in [0.5, 0.6) is 0 Å². The quantitative estimate of drug-likeness (QED) is 0.512. The lowest BCUT2D eigenvalue weighted by Gasteiger charge is -2.19. The van der Waals surface area contributed by atoms with Crippen LogP contribution in [-0.4, -0.2) is 38.9 Å². The van der Waals surface area contributed by atoms with E-state index in [1.807, 2.05) is 18.4 Å². The predicted molar refractivity (Wildman–Crippen MR) is 122 cm³/mol. The maximum absolute atomic E-state index is 12.8. The molecule has 158 valence electrons. The van der Waals surface area contributed by atoms with Gasteiger partial charge in [-0.15, -0.1) is 0 Å². The highest BCUT2D eigenvalue weighted by Gasteiger charge is 2.27. The average Bonchev–Trinajstić information content (AvgIpc) is 2.68. The molecular formula is C19H21Cl3N2O3S2. The summed E-state index contributed by atoms with van der Waals surface area (Å²) in [7, 11) is -4.02. The first-order chi connectivity index (χ1) is 13.7. The van der Waals surface area contributed by atoms with Crippen LogP contribution in [0.3, 0.4) is 0 Å². The van der Waals surface area contributed by atoms with Crippen molar-refractivity contribution in [2.75, 3.05) is 18.6 Å². The fourth-order valence-corrected chi connectivity index (χ4v) is 5.11. The van der Waals surface area contributed by atoms with Crippen molar-refractivity contribution in [3.8, 4) is 0 Å². The SMILES string of the molecule is CSCCC(NS(=O)(=O)c1cc(Cl)ccc1Cl)C(=O)NCCc1ccc(Cl)cc1. The van der Waals surface area contributed by atoms with Gasteiger partial charge >= 0.3 is 0 Å². The smallest absolute Gasteiger partial charge is 0.242 e. The molecular weight excluding hydrogens is 475 g/mol. The summed E-state index contributed by atoms with van der Waals surface area (Å²) < 4.78 is 28.0. The molecule has 2 aromatic rings. The Hall–Kier alpha value is -0.960. The predicted octanol–water partition coefficient (Wildman–Crippen LogP) is 4.41. The molecule has 0 aliphatic carbocycles. The van der Waals surface area contributed by atoms with Crippen molar-refractivity contribution in [1.82, 2.24) is 10.0 Å². The lowest BCUT2D eigenvalue weighted by molar-refractivity contribution is -0.122. The second-order valence-electron chi connectivity index (χ2n) is 6.20. The number of thioether (sulfide) groups is 1. The first-order valence-corrected chi connectivity index (χ1v) is 12.7. The average molecular weight is 496 g/mol. The normalized spacial score (nSPS) is 12.6. The maximum atomic E-state index is 12.8. The summed E-state index contributed by atoms with van der Waals surface area (Å²) in [5.41, 5.74) is 1.02. The van der Waals surface area contributed by atoms with Crippen LogP contribution >= 0.6 is 46.6 Å². The number of hydrogen-bond acceptors (Lipinski definition) is 4. The number of rotatable bonds is 10. The van der Waals surface area contributed by atoms with Crippen molar-refractivity contribution in [3.05, 3.63) is 63.1 Å². The Bertz CT molecular complexity index is 938. The van der Waals surface area contributed by atoms with Gasteiger partial charge in [0.15, 0.2) is 0 Å². The fraction of sp³-hybridized carbons (Fsp3) is 0.316. The summed E-state index contributed by atoms with van der Waals surface area (Å²) in [5, 5.41) is 3.70. The third-order valence-corrected chi connectivity index (χ3v) is 7.12. The minimum atomic E-state index is -4.02. The molecule has 0 aliphatic heterocycles. The number of nitrogens with one attached hydrogen (secondary N) is 2. The third-order valence-electron chi connectivity index (χ3n) is 4.03. The summed E-state index contributed by atoms with van der Waals surface area (Å²) >= 11 is 19.3. The van der Waals surface area contributed by atoms with E-state index in [0.717, 1.165) is 5.56 Å². The van der Waals surface area contributed by atoms with Crippen LogP contribution < -0.4 is 10.0 Å². The Labute approximate surface area is 190 Å². The Morgan fingerprint density at radius 2 is 1.72 bits per heavy atom. The van der Waals surface area contributed by atoms with Crippen LogP contribution in [0.15, 0.2) is 47.4 Å². The molecule has 1 atom stereocenters. The van der Waals surface area contributed by atoms with Crippen molar-refractivity contribution < 1.29 is 13.2 Å².